The van der Waals surface area contributed by atoms with Crippen LogP contribution in [0.4, 0.5) is 5.69 Å². The Morgan fingerprint density at radius 1 is 1.00 bits per heavy atom. The third kappa shape index (κ3) is 8.75. The van der Waals surface area contributed by atoms with Crippen molar-refractivity contribution >= 4 is 52.5 Å². The number of hydrogen-bond donors (Lipinski definition) is 1. The number of thioether (sulfide) groups is 1. The fourth-order valence-corrected chi connectivity index (χ4v) is 5.16. The molecule has 0 aliphatic carbocycles. The molecular formula is C28H29Cl2N3O4S. The summed E-state index contributed by atoms with van der Waals surface area (Å²) in [6.07, 6.45) is 0.337. The Kier molecular flexibility index (Phi) is 11.0. The zero-order valence-electron chi connectivity index (χ0n) is 21.1. The maximum absolute atomic E-state index is 13.6. The predicted octanol–water partition coefficient (Wildman–Crippen LogP) is 6.30. The summed E-state index contributed by atoms with van der Waals surface area (Å²) in [4.78, 5) is 39.1. The van der Waals surface area contributed by atoms with E-state index in [9.17, 15) is 19.7 Å². The minimum absolute atomic E-state index is 0.0146. The van der Waals surface area contributed by atoms with Crippen LogP contribution in [0.15, 0.2) is 72.8 Å². The molecule has 38 heavy (non-hydrogen) atoms. The number of nitro groups is 1. The average Bonchev–Trinajstić information content (AvgIpc) is 2.87. The number of nitro benzene ring substituents is 1. The molecular weight excluding hydrogens is 545 g/mol. The molecule has 3 aromatic rings. The van der Waals surface area contributed by atoms with Gasteiger partial charge in [0.2, 0.25) is 11.8 Å². The molecule has 1 N–H and O–H groups in total. The van der Waals surface area contributed by atoms with E-state index in [1.165, 1.54) is 23.9 Å². The first kappa shape index (κ1) is 29.5. The van der Waals surface area contributed by atoms with Crippen LogP contribution in [0.1, 0.15) is 30.5 Å². The summed E-state index contributed by atoms with van der Waals surface area (Å²) < 4.78 is 0. The van der Waals surface area contributed by atoms with Gasteiger partial charge in [-0.15, -0.1) is 11.8 Å². The highest BCUT2D eigenvalue weighted by Crippen LogP contribution is 2.25. The second kappa shape index (κ2) is 14.2. The summed E-state index contributed by atoms with van der Waals surface area (Å²) in [6.45, 7) is 3.88. The maximum atomic E-state index is 13.6. The van der Waals surface area contributed by atoms with Gasteiger partial charge < -0.3 is 10.2 Å². The Hall–Kier alpha value is -3.07. The molecule has 200 valence electrons. The molecule has 0 saturated heterocycles. The highest BCUT2D eigenvalue weighted by Gasteiger charge is 2.31. The van der Waals surface area contributed by atoms with Crippen molar-refractivity contribution in [3.63, 3.8) is 0 Å². The summed E-state index contributed by atoms with van der Waals surface area (Å²) >= 11 is 13.9. The highest BCUT2D eigenvalue weighted by atomic mass is 35.5. The van der Waals surface area contributed by atoms with E-state index in [0.29, 0.717) is 27.8 Å². The fourth-order valence-electron chi connectivity index (χ4n) is 3.82. The third-order valence-electron chi connectivity index (χ3n) is 5.70. The van der Waals surface area contributed by atoms with Gasteiger partial charge in [-0.3, -0.25) is 19.7 Å². The molecule has 0 saturated carbocycles. The third-order valence-corrected chi connectivity index (χ3v) is 7.27. The summed E-state index contributed by atoms with van der Waals surface area (Å²) in [5, 5.41) is 14.7. The number of nitrogens with zero attached hydrogens (tertiary/aromatic N) is 2. The van der Waals surface area contributed by atoms with Gasteiger partial charge in [0.25, 0.3) is 5.69 Å². The predicted molar refractivity (Wildman–Crippen MR) is 153 cm³/mol. The van der Waals surface area contributed by atoms with Crippen LogP contribution in [-0.4, -0.2) is 39.5 Å². The summed E-state index contributed by atoms with van der Waals surface area (Å²) in [7, 11) is 0. The second-order valence-electron chi connectivity index (χ2n) is 9.04. The van der Waals surface area contributed by atoms with Crippen molar-refractivity contribution < 1.29 is 14.5 Å². The van der Waals surface area contributed by atoms with E-state index in [0.717, 1.165) is 11.1 Å². The number of benzene rings is 3. The molecule has 10 heteroatoms. The number of rotatable bonds is 12. The van der Waals surface area contributed by atoms with Crippen LogP contribution < -0.4 is 5.32 Å². The van der Waals surface area contributed by atoms with E-state index < -0.39 is 11.0 Å². The van der Waals surface area contributed by atoms with Gasteiger partial charge in [-0.05, 0) is 42.7 Å². The van der Waals surface area contributed by atoms with Crippen LogP contribution in [0.3, 0.4) is 0 Å². The highest BCUT2D eigenvalue weighted by molar-refractivity contribution is 7.99. The van der Waals surface area contributed by atoms with Crippen LogP contribution in [0, 0.1) is 10.1 Å². The SMILES string of the molecule is CC(C)NC(=O)[C@@H](Cc1ccccc1)N(Cc1ccc(Cl)cc1Cl)C(=O)CSCc1ccc([N+](=O)[O-])cc1. The fraction of sp³-hybridized carbons (Fsp3) is 0.286. The molecule has 0 aromatic heterocycles. The lowest BCUT2D eigenvalue weighted by Crippen LogP contribution is -2.52. The molecule has 3 rings (SSSR count). The zero-order valence-corrected chi connectivity index (χ0v) is 23.4. The molecule has 7 nitrogen and oxygen atoms in total. The van der Waals surface area contributed by atoms with E-state index in [4.69, 9.17) is 23.2 Å². The van der Waals surface area contributed by atoms with Gasteiger partial charge >= 0.3 is 0 Å². The standard InChI is InChI=1S/C28H29Cl2N3O4S/c1-19(2)31-28(35)26(14-20-6-4-3-5-7-20)32(16-22-10-11-23(29)15-25(22)30)27(34)18-38-17-21-8-12-24(13-9-21)33(36)37/h3-13,15,19,26H,14,16-18H2,1-2H3,(H,31,35)/t26-/m1/s1. The molecule has 0 aliphatic heterocycles. The van der Waals surface area contributed by atoms with Crippen molar-refractivity contribution in [3.05, 3.63) is 110 Å². The molecule has 0 aliphatic rings. The van der Waals surface area contributed by atoms with Crippen molar-refractivity contribution in [1.82, 2.24) is 10.2 Å². The Morgan fingerprint density at radius 2 is 1.68 bits per heavy atom. The Labute approximate surface area is 236 Å². The van der Waals surface area contributed by atoms with E-state index in [1.54, 1.807) is 35.2 Å². The Bertz CT molecular complexity index is 1260. The Balaban J connectivity index is 1.85. The van der Waals surface area contributed by atoms with Crippen LogP contribution in [0.25, 0.3) is 0 Å². The van der Waals surface area contributed by atoms with Gasteiger partial charge in [0, 0.05) is 46.9 Å². The number of nitrogens with one attached hydrogen (secondary N) is 1. The molecule has 3 aromatic carbocycles. The van der Waals surface area contributed by atoms with E-state index in [1.807, 2.05) is 44.2 Å². The molecule has 1 atom stereocenters. The first-order valence-corrected chi connectivity index (χ1v) is 13.9. The lowest BCUT2D eigenvalue weighted by atomic mass is 10.0. The largest absolute Gasteiger partial charge is 0.352 e. The summed E-state index contributed by atoms with van der Waals surface area (Å²) in [6, 6.07) is 20.0. The van der Waals surface area contributed by atoms with Gasteiger partial charge in [0.05, 0.1) is 10.7 Å². The number of non-ortho nitro benzene ring substituents is 1. The van der Waals surface area contributed by atoms with E-state index in [-0.39, 0.29) is 35.8 Å². The monoisotopic (exact) mass is 573 g/mol. The van der Waals surface area contributed by atoms with Crippen LogP contribution in [0.5, 0.6) is 0 Å². The minimum Gasteiger partial charge on any atom is -0.352 e. The van der Waals surface area contributed by atoms with Crippen molar-refractivity contribution in [2.24, 2.45) is 0 Å². The number of carbonyl (C=O) groups is 2. The Morgan fingerprint density at radius 3 is 2.29 bits per heavy atom. The summed E-state index contributed by atoms with van der Waals surface area (Å²) in [5.74, 6) is 0.133. The van der Waals surface area contributed by atoms with E-state index >= 15 is 0 Å². The molecule has 0 fully saturated rings. The number of halogens is 2. The lowest BCUT2D eigenvalue weighted by molar-refractivity contribution is -0.384. The molecule has 0 radical (unpaired) electrons. The molecule has 0 spiro atoms. The van der Waals surface area contributed by atoms with Crippen LogP contribution in [-0.2, 0) is 28.3 Å². The topological polar surface area (TPSA) is 92.6 Å². The molecule has 0 unspecified atom stereocenters. The normalized spacial score (nSPS) is 11.7. The van der Waals surface area contributed by atoms with Crippen LogP contribution >= 0.6 is 35.0 Å². The number of carbonyl (C=O) groups excluding carboxylic acids is 2. The smallest absolute Gasteiger partial charge is 0.269 e. The number of amides is 2. The first-order chi connectivity index (χ1) is 18.1. The van der Waals surface area contributed by atoms with Gasteiger partial charge in [0.1, 0.15) is 6.04 Å². The van der Waals surface area contributed by atoms with Crippen molar-refractivity contribution in [2.45, 2.75) is 44.6 Å². The molecule has 0 bridgehead atoms. The van der Waals surface area contributed by atoms with Crippen molar-refractivity contribution in [2.75, 3.05) is 5.75 Å². The summed E-state index contributed by atoms with van der Waals surface area (Å²) in [5.41, 5.74) is 2.48. The lowest BCUT2D eigenvalue weighted by Gasteiger charge is -2.32. The zero-order chi connectivity index (χ0) is 27.7. The maximum Gasteiger partial charge on any atom is 0.269 e. The van der Waals surface area contributed by atoms with E-state index in [2.05, 4.69) is 5.32 Å². The molecule has 2 amide bonds. The second-order valence-corrected chi connectivity index (χ2v) is 10.9. The van der Waals surface area contributed by atoms with Gasteiger partial charge in [-0.1, -0.05) is 71.7 Å². The van der Waals surface area contributed by atoms with Crippen molar-refractivity contribution in [3.8, 4) is 0 Å². The minimum atomic E-state index is -0.765. The molecule has 0 heterocycles. The van der Waals surface area contributed by atoms with Crippen LogP contribution in [0.2, 0.25) is 10.0 Å². The van der Waals surface area contributed by atoms with Gasteiger partial charge in [-0.25, -0.2) is 0 Å². The first-order valence-electron chi connectivity index (χ1n) is 12.0. The number of hydrogen-bond acceptors (Lipinski definition) is 5. The van der Waals surface area contributed by atoms with Crippen molar-refractivity contribution in [1.29, 1.82) is 0 Å². The van der Waals surface area contributed by atoms with Gasteiger partial charge in [0.15, 0.2) is 0 Å². The average molecular weight is 575 g/mol. The quantitative estimate of drug-likeness (QED) is 0.203. The van der Waals surface area contributed by atoms with Gasteiger partial charge in [-0.2, -0.15) is 0 Å².